The number of nitriles is 1. The van der Waals surface area contributed by atoms with Crippen molar-refractivity contribution < 1.29 is 9.59 Å². The molecular weight excluding hydrogens is 508 g/mol. The van der Waals surface area contributed by atoms with Gasteiger partial charge in [-0.05, 0) is 75.5 Å². The summed E-state index contributed by atoms with van der Waals surface area (Å²) in [7, 11) is 0. The first-order valence-electron chi connectivity index (χ1n) is 5.90. The van der Waals surface area contributed by atoms with Crippen molar-refractivity contribution in [1.82, 2.24) is 0 Å². The Labute approximate surface area is 155 Å². The standard InChI is InChI=1S/C8H5IN2O.C7H6INO/c9-7-2-1-5(4-10)3-6(7)8(11)12;8-6-4-2-1-3-5(6)7(9)10/h1-3H,(H2,11,12);1-4H,(H2,9,10). The number of halogens is 2. The molecule has 2 aromatic rings. The normalized spacial score (nSPS) is 9.14. The Hall–Kier alpha value is -1.67. The van der Waals surface area contributed by atoms with E-state index in [0.717, 1.165) is 7.14 Å². The SMILES string of the molecule is N#Cc1ccc(I)c(C(N)=O)c1.NC(=O)c1ccccc1I. The second-order valence-electron chi connectivity index (χ2n) is 4.01. The second kappa shape index (κ2) is 8.70. The van der Waals surface area contributed by atoms with Crippen molar-refractivity contribution in [2.24, 2.45) is 11.5 Å². The van der Waals surface area contributed by atoms with Gasteiger partial charge in [0.05, 0.1) is 22.8 Å². The summed E-state index contributed by atoms with van der Waals surface area (Å²) in [6.07, 6.45) is 0. The van der Waals surface area contributed by atoms with Crippen LogP contribution < -0.4 is 11.5 Å². The number of carbonyl (C=O) groups is 2. The summed E-state index contributed by atoms with van der Waals surface area (Å²) in [4.78, 5) is 21.4. The minimum atomic E-state index is -0.503. The molecule has 0 unspecified atom stereocenters. The van der Waals surface area contributed by atoms with Gasteiger partial charge in [-0.15, -0.1) is 0 Å². The molecule has 0 radical (unpaired) electrons. The van der Waals surface area contributed by atoms with Gasteiger partial charge in [-0.3, -0.25) is 9.59 Å². The van der Waals surface area contributed by atoms with Crippen molar-refractivity contribution in [1.29, 1.82) is 5.26 Å². The van der Waals surface area contributed by atoms with E-state index in [2.05, 4.69) is 22.6 Å². The number of carbonyl (C=O) groups excluding carboxylic acids is 2. The molecule has 0 spiro atoms. The molecule has 22 heavy (non-hydrogen) atoms. The van der Waals surface area contributed by atoms with Crippen molar-refractivity contribution in [2.75, 3.05) is 0 Å². The Morgan fingerprint density at radius 1 is 0.909 bits per heavy atom. The van der Waals surface area contributed by atoms with E-state index >= 15 is 0 Å². The molecule has 5 nitrogen and oxygen atoms in total. The van der Waals surface area contributed by atoms with Crippen LogP contribution in [0.5, 0.6) is 0 Å². The molecule has 0 aliphatic rings. The predicted octanol–water partition coefficient (Wildman–Crippen LogP) is 2.65. The zero-order valence-corrected chi connectivity index (χ0v) is 15.5. The van der Waals surface area contributed by atoms with Gasteiger partial charge in [0, 0.05) is 7.14 Å². The molecule has 0 saturated carbocycles. The van der Waals surface area contributed by atoms with E-state index in [1.165, 1.54) is 6.07 Å². The summed E-state index contributed by atoms with van der Waals surface area (Å²) in [5, 5.41) is 8.53. The van der Waals surface area contributed by atoms with Gasteiger partial charge in [0.1, 0.15) is 0 Å². The maximum absolute atomic E-state index is 10.8. The highest BCUT2D eigenvalue weighted by Crippen LogP contribution is 2.13. The smallest absolute Gasteiger partial charge is 0.249 e. The fourth-order valence-corrected chi connectivity index (χ4v) is 2.70. The van der Waals surface area contributed by atoms with Crippen molar-refractivity contribution in [3.8, 4) is 6.07 Å². The maximum Gasteiger partial charge on any atom is 0.249 e. The molecule has 2 aromatic carbocycles. The number of primary amides is 2. The van der Waals surface area contributed by atoms with Crippen LogP contribution >= 0.6 is 45.2 Å². The second-order valence-corrected chi connectivity index (χ2v) is 6.34. The minimum absolute atomic E-state index is 0.370. The van der Waals surface area contributed by atoms with Crippen LogP contribution in [0.15, 0.2) is 42.5 Å². The maximum atomic E-state index is 10.8. The molecule has 0 bridgehead atoms. The van der Waals surface area contributed by atoms with E-state index in [1.54, 1.807) is 24.3 Å². The summed E-state index contributed by atoms with van der Waals surface area (Å²) in [6, 6.07) is 14.0. The van der Waals surface area contributed by atoms with Gasteiger partial charge < -0.3 is 11.5 Å². The van der Waals surface area contributed by atoms with E-state index in [-0.39, 0.29) is 5.91 Å². The first-order valence-corrected chi connectivity index (χ1v) is 8.06. The lowest BCUT2D eigenvalue weighted by Crippen LogP contribution is -2.12. The first kappa shape index (κ1) is 18.4. The van der Waals surface area contributed by atoms with Gasteiger partial charge in [0.25, 0.3) is 0 Å². The summed E-state index contributed by atoms with van der Waals surface area (Å²) >= 11 is 4.07. The number of hydrogen-bond donors (Lipinski definition) is 2. The lowest BCUT2D eigenvalue weighted by atomic mass is 10.1. The largest absolute Gasteiger partial charge is 0.366 e. The Balaban J connectivity index is 0.000000224. The summed E-state index contributed by atoms with van der Waals surface area (Å²) in [5.74, 6) is -0.874. The van der Waals surface area contributed by atoms with Crippen LogP contribution in [0, 0.1) is 18.5 Å². The monoisotopic (exact) mass is 519 g/mol. The predicted molar refractivity (Wildman–Crippen MR) is 100 cm³/mol. The van der Waals surface area contributed by atoms with Crippen molar-refractivity contribution in [3.63, 3.8) is 0 Å². The number of nitrogens with two attached hydrogens (primary N) is 2. The van der Waals surface area contributed by atoms with Gasteiger partial charge >= 0.3 is 0 Å². The third-order valence-corrected chi connectivity index (χ3v) is 4.38. The van der Waals surface area contributed by atoms with Crippen LogP contribution in [0.1, 0.15) is 26.3 Å². The van der Waals surface area contributed by atoms with E-state index in [0.29, 0.717) is 16.7 Å². The Kier molecular flexibility index (Phi) is 7.26. The molecule has 7 heteroatoms. The van der Waals surface area contributed by atoms with Gasteiger partial charge in [-0.25, -0.2) is 0 Å². The number of nitrogens with zero attached hydrogens (tertiary/aromatic N) is 1. The highest BCUT2D eigenvalue weighted by atomic mass is 127. The van der Waals surface area contributed by atoms with Crippen LogP contribution in [0.4, 0.5) is 0 Å². The van der Waals surface area contributed by atoms with E-state index in [4.69, 9.17) is 16.7 Å². The quantitative estimate of drug-likeness (QED) is 0.596. The molecule has 0 heterocycles. The van der Waals surface area contributed by atoms with Crippen LogP contribution in [0.3, 0.4) is 0 Å². The van der Waals surface area contributed by atoms with Crippen molar-refractivity contribution >= 4 is 57.0 Å². The zero-order valence-electron chi connectivity index (χ0n) is 11.2. The molecule has 0 aliphatic carbocycles. The number of amides is 2. The Morgan fingerprint density at radius 3 is 1.91 bits per heavy atom. The summed E-state index contributed by atoms with van der Waals surface area (Å²) in [6.45, 7) is 0. The van der Waals surface area contributed by atoms with Crippen molar-refractivity contribution in [2.45, 2.75) is 0 Å². The van der Waals surface area contributed by atoms with Crippen LogP contribution in [0.25, 0.3) is 0 Å². The number of hydrogen-bond acceptors (Lipinski definition) is 3. The third kappa shape index (κ3) is 5.27. The molecule has 2 rings (SSSR count). The molecule has 0 aliphatic heterocycles. The first-order chi connectivity index (χ1) is 10.4. The summed E-state index contributed by atoms with van der Waals surface area (Å²) in [5.41, 5.74) is 11.6. The number of benzene rings is 2. The van der Waals surface area contributed by atoms with E-state index in [1.807, 2.05) is 40.8 Å². The van der Waals surface area contributed by atoms with Gasteiger partial charge in [0.2, 0.25) is 11.8 Å². The van der Waals surface area contributed by atoms with Gasteiger partial charge in [-0.1, -0.05) is 12.1 Å². The highest BCUT2D eigenvalue weighted by molar-refractivity contribution is 14.1. The van der Waals surface area contributed by atoms with Crippen LogP contribution in [0.2, 0.25) is 0 Å². The fourth-order valence-electron chi connectivity index (χ4n) is 1.44. The van der Waals surface area contributed by atoms with E-state index < -0.39 is 5.91 Å². The highest BCUT2D eigenvalue weighted by Gasteiger charge is 2.06. The molecule has 0 atom stereocenters. The Morgan fingerprint density at radius 2 is 1.45 bits per heavy atom. The Bertz CT molecular complexity index is 755. The topological polar surface area (TPSA) is 110 Å². The molecule has 0 saturated heterocycles. The zero-order chi connectivity index (χ0) is 16.7. The molecule has 2 amide bonds. The lowest BCUT2D eigenvalue weighted by Gasteiger charge is -1.98. The molecule has 4 N–H and O–H groups in total. The molecule has 0 fully saturated rings. The lowest BCUT2D eigenvalue weighted by molar-refractivity contribution is 0.0991. The van der Waals surface area contributed by atoms with Gasteiger partial charge in [0.15, 0.2) is 0 Å². The fraction of sp³-hybridized carbons (Fsp3) is 0. The minimum Gasteiger partial charge on any atom is -0.366 e. The molecule has 0 aromatic heterocycles. The molecular formula is C15H11I2N3O2. The molecule has 112 valence electrons. The van der Waals surface area contributed by atoms with Crippen molar-refractivity contribution in [3.05, 3.63) is 66.3 Å². The summed E-state index contributed by atoms with van der Waals surface area (Å²) < 4.78 is 1.66. The third-order valence-electron chi connectivity index (χ3n) is 2.50. The average molecular weight is 519 g/mol. The average Bonchev–Trinajstić information content (AvgIpc) is 2.48. The van der Waals surface area contributed by atoms with E-state index in [9.17, 15) is 9.59 Å². The van der Waals surface area contributed by atoms with Crippen LogP contribution in [-0.4, -0.2) is 11.8 Å². The van der Waals surface area contributed by atoms with Crippen LogP contribution in [-0.2, 0) is 0 Å². The number of rotatable bonds is 2. The van der Waals surface area contributed by atoms with Gasteiger partial charge in [-0.2, -0.15) is 5.26 Å².